The van der Waals surface area contributed by atoms with Crippen molar-refractivity contribution in [2.24, 2.45) is 0 Å². The minimum Gasteiger partial charge on any atom is -0.309 e. The van der Waals surface area contributed by atoms with Crippen molar-refractivity contribution >= 4 is 160 Å². The number of hydrogen-bond acceptors (Lipinski definition) is 8. The van der Waals surface area contributed by atoms with Gasteiger partial charge in [-0.3, -0.25) is 0 Å². The summed E-state index contributed by atoms with van der Waals surface area (Å²) in [4.78, 5) is 25.6. The maximum Gasteiger partial charge on any atom is 0.160 e. The predicted octanol–water partition coefficient (Wildman–Crippen LogP) is 38.4. The van der Waals surface area contributed by atoms with Crippen LogP contribution in [0.15, 0.2) is 534 Å². The average Bonchev–Trinajstić information content (AvgIpc) is 1.56. The predicted molar refractivity (Wildman–Crippen MR) is 635 cm³/mol. The Morgan fingerprint density at radius 3 is 0.707 bits per heavy atom. The molecule has 0 bridgehead atoms. The highest BCUT2D eigenvalue weighted by Crippen LogP contribution is 2.52. The van der Waals surface area contributed by atoms with Gasteiger partial charge in [0.1, 0.15) is 0 Å². The Kier molecular flexibility index (Phi) is 22.4. The first-order valence-electron chi connectivity index (χ1n) is 50.6. The lowest BCUT2D eigenvalue weighted by Gasteiger charge is -2.12. The van der Waals surface area contributed by atoms with Gasteiger partial charge < -0.3 is 13.7 Å². The molecule has 21 aromatic carbocycles. The fourth-order valence-corrected chi connectivity index (χ4v) is 26.3. The fraction of sp³-hybridized carbons (Fsp3) is 0. The molecule has 0 aliphatic carbocycles. The van der Waals surface area contributed by atoms with Gasteiger partial charge in [-0.2, -0.15) is 0 Å². The van der Waals surface area contributed by atoms with Crippen molar-refractivity contribution in [2.75, 3.05) is 0 Å². The van der Waals surface area contributed by atoms with Crippen molar-refractivity contribution in [2.45, 2.75) is 0 Å². The van der Waals surface area contributed by atoms with Crippen LogP contribution in [0.4, 0.5) is 0 Å². The molecule has 0 amide bonds. The molecule has 0 aliphatic heterocycles. The molecular weight excluding hydrogens is 1880 g/mol. The Balaban J connectivity index is 0.000000108. The Morgan fingerprint density at radius 1 is 0.133 bits per heavy atom. The zero-order valence-corrected chi connectivity index (χ0v) is 83.6. The van der Waals surface area contributed by atoms with Crippen molar-refractivity contribution in [1.82, 2.24) is 38.6 Å². The zero-order chi connectivity index (χ0) is 99.1. The summed E-state index contributed by atoms with van der Waals surface area (Å²) in [5, 5.41) is 15.5. The summed E-state index contributed by atoms with van der Waals surface area (Å²) in [6.45, 7) is 0. The minimum atomic E-state index is 0.714. The third kappa shape index (κ3) is 15.9. The first-order valence-corrected chi connectivity index (χ1v) is 53.1. The molecule has 9 heterocycles. The lowest BCUT2D eigenvalue weighted by molar-refractivity contribution is 1.18. The average molecular weight is 1970 g/mol. The summed E-state index contributed by atoms with van der Waals surface area (Å²) in [6.07, 6.45) is 0. The molecule has 0 saturated carbocycles. The van der Waals surface area contributed by atoms with Crippen LogP contribution in [0.1, 0.15) is 0 Å². The van der Waals surface area contributed by atoms with E-state index in [2.05, 4.69) is 511 Å². The van der Waals surface area contributed by atoms with E-state index in [1.807, 2.05) is 70.4 Å². The van der Waals surface area contributed by atoms with Crippen LogP contribution >= 0.6 is 34.0 Å². The molecule has 30 rings (SSSR count). The van der Waals surface area contributed by atoms with E-state index in [-0.39, 0.29) is 0 Å². The van der Waals surface area contributed by atoms with Gasteiger partial charge in [0.2, 0.25) is 0 Å². The summed E-state index contributed by atoms with van der Waals surface area (Å²) in [6, 6.07) is 190. The van der Waals surface area contributed by atoms with E-state index in [0.717, 1.165) is 95.6 Å². The van der Waals surface area contributed by atoms with Crippen molar-refractivity contribution in [3.8, 4) is 152 Å². The number of nitrogens with zero attached hydrogens (tertiary/aromatic N) is 8. The minimum absolute atomic E-state index is 0.714. The maximum absolute atomic E-state index is 5.22. The van der Waals surface area contributed by atoms with Gasteiger partial charge in [-0.25, -0.2) is 24.9 Å². The number of thiophene rings is 3. The molecule has 9 aromatic heterocycles. The van der Waals surface area contributed by atoms with Crippen LogP contribution in [-0.2, 0) is 0 Å². The second-order valence-electron chi connectivity index (χ2n) is 37.9. The summed E-state index contributed by atoms with van der Waals surface area (Å²) < 4.78 is 15.0. The Bertz CT molecular complexity index is 9330. The molecule has 0 N–H and O–H groups in total. The van der Waals surface area contributed by atoms with Gasteiger partial charge in [0.05, 0.1) is 67.3 Å². The van der Waals surface area contributed by atoms with Crippen LogP contribution < -0.4 is 0 Å². The van der Waals surface area contributed by atoms with Crippen molar-refractivity contribution in [3.05, 3.63) is 534 Å². The van der Waals surface area contributed by atoms with Crippen LogP contribution in [0.25, 0.3) is 278 Å². The molecule has 0 radical (unpaired) electrons. The van der Waals surface area contributed by atoms with Crippen molar-refractivity contribution in [1.29, 1.82) is 0 Å². The highest BCUT2D eigenvalue weighted by molar-refractivity contribution is 7.28. The van der Waals surface area contributed by atoms with E-state index in [4.69, 9.17) is 24.9 Å². The molecule has 702 valence electrons. The second-order valence-corrected chi connectivity index (χ2v) is 41.0. The van der Waals surface area contributed by atoms with Crippen LogP contribution in [-0.4, -0.2) is 38.6 Å². The monoisotopic (exact) mass is 1960 g/mol. The second kappa shape index (κ2) is 37.9. The van der Waals surface area contributed by atoms with Crippen LogP contribution in [0.5, 0.6) is 0 Å². The number of para-hydroxylation sites is 6. The molecule has 0 atom stereocenters. The molecule has 8 nitrogen and oxygen atoms in total. The molecule has 11 heteroatoms. The highest BCUT2D eigenvalue weighted by Gasteiger charge is 2.26. The maximum atomic E-state index is 5.22. The van der Waals surface area contributed by atoms with Crippen LogP contribution in [0.3, 0.4) is 0 Å². The zero-order valence-electron chi connectivity index (χ0n) is 81.1. The SMILES string of the molecule is c1ccc(-c2cc(-c3cccc(-c4cccc5c4sc4c5ccc5c4c4ccccc4n5-c4ccccc4)c3)nc(-c3ccccc3)n2)cc1.c1ccc(-c2cc(-c3ccccc3)nc(-c3cccc(-c4cccc5c4sc4c5ccc5c4c4ccccc4n5-c4ccccc4)c3)c2)cc1.c1ccc(-c2cc(-c3ccccc3)nc(-c3cccc(-c4cccc5c4sc4c5ccc5c4c4ccccc4n5-c4ccccc4)c3)n2)cc1. The van der Waals surface area contributed by atoms with E-state index in [1.165, 1.54) is 176 Å². The fourth-order valence-electron chi connectivity index (χ4n) is 22.1. The number of aromatic nitrogens is 8. The Hall–Kier alpha value is -19.0. The van der Waals surface area contributed by atoms with Gasteiger partial charge in [0.25, 0.3) is 0 Å². The number of rotatable bonds is 15. The van der Waals surface area contributed by atoms with Crippen LogP contribution in [0.2, 0.25) is 0 Å². The summed E-state index contributed by atoms with van der Waals surface area (Å²) >= 11 is 5.70. The summed E-state index contributed by atoms with van der Waals surface area (Å²) in [5.41, 5.74) is 34.4. The van der Waals surface area contributed by atoms with Crippen molar-refractivity contribution < 1.29 is 0 Å². The third-order valence-corrected chi connectivity index (χ3v) is 32.8. The van der Waals surface area contributed by atoms with Crippen molar-refractivity contribution in [3.63, 3.8) is 0 Å². The van der Waals surface area contributed by atoms with E-state index in [9.17, 15) is 0 Å². The smallest absolute Gasteiger partial charge is 0.160 e. The largest absolute Gasteiger partial charge is 0.309 e. The molecule has 30 aromatic rings. The first kappa shape index (κ1) is 88.7. The van der Waals surface area contributed by atoms with Gasteiger partial charge in [0, 0.05) is 154 Å². The molecule has 150 heavy (non-hydrogen) atoms. The molecule has 0 fully saturated rings. The lowest BCUT2D eigenvalue weighted by Crippen LogP contribution is -1.96. The third-order valence-electron chi connectivity index (χ3n) is 29.0. The number of pyridine rings is 1. The van der Waals surface area contributed by atoms with Crippen LogP contribution in [0, 0.1) is 0 Å². The standard InChI is InChI=1S/C47H30N2S.2C46H29N3S/c1-4-14-31(15-5-1)35-29-41(32-16-6-2-7-17-32)48-42(30-35)34-19-12-18-33(28-34)37-23-13-24-38-39-26-27-44-45(47(39)50-46(37)38)40-22-10-11-25-43(40)49(44)36-20-8-3-9-21-36;1-4-14-30(15-5-1)39-29-40(48-46(47-39)31-16-6-2-7-17-31)33-19-12-18-32(28-33)35-23-13-24-36-37-26-27-42-43(45(37)50-44(35)36)38-22-10-11-25-41(38)49(42)34-20-8-3-9-21-34;1-4-14-30(15-5-1)39-29-40(31-16-6-2-7-17-31)48-46(47-39)33-19-12-18-32(28-33)35-23-13-24-36-37-26-27-42-43(45(37)50-44(35)36)38-22-10-11-25-41(38)49(42)34-20-8-3-9-21-34/h1-30H;2*1-29H. The van der Waals surface area contributed by atoms with Gasteiger partial charge in [0.15, 0.2) is 11.6 Å². The number of fused-ring (bicyclic) bond motifs is 21. The van der Waals surface area contributed by atoms with Gasteiger partial charge in [-0.05, 0) is 160 Å². The van der Waals surface area contributed by atoms with E-state index in [0.29, 0.717) is 5.82 Å². The Labute approximate surface area is 877 Å². The topological polar surface area (TPSA) is 79.2 Å². The normalized spacial score (nSPS) is 11.6. The molecular formula is C139H88N8S3. The van der Waals surface area contributed by atoms with Gasteiger partial charge in [-0.15, -0.1) is 34.0 Å². The molecule has 0 unspecified atom stereocenters. The van der Waals surface area contributed by atoms with Gasteiger partial charge >= 0.3 is 0 Å². The number of benzene rings is 21. The summed E-state index contributed by atoms with van der Waals surface area (Å²) in [5.74, 6) is 1.43. The quantitative estimate of drug-likeness (QED) is 0.102. The molecule has 0 aliphatic rings. The highest BCUT2D eigenvalue weighted by atomic mass is 32.1. The van der Waals surface area contributed by atoms with Gasteiger partial charge in [-0.1, -0.05) is 419 Å². The Morgan fingerprint density at radius 2 is 0.367 bits per heavy atom. The summed E-state index contributed by atoms with van der Waals surface area (Å²) in [7, 11) is 0. The first-order chi connectivity index (χ1) is 74.4. The lowest BCUT2D eigenvalue weighted by atomic mass is 9.97. The van der Waals surface area contributed by atoms with E-state index < -0.39 is 0 Å². The molecule has 0 saturated heterocycles. The number of hydrogen-bond donors (Lipinski definition) is 0. The van der Waals surface area contributed by atoms with E-state index in [1.54, 1.807) is 0 Å². The molecule has 0 spiro atoms. The van der Waals surface area contributed by atoms with E-state index >= 15 is 0 Å².